The van der Waals surface area contributed by atoms with E-state index in [1.54, 1.807) is 0 Å². The van der Waals surface area contributed by atoms with Crippen molar-refractivity contribution in [2.75, 3.05) is 6.61 Å². The molecule has 134 valence electrons. The number of aliphatic hydroxyl groups is 1. The molecule has 0 aromatic heterocycles. The molecule has 1 N–H and O–H groups in total. The molecule has 25 heavy (non-hydrogen) atoms. The third kappa shape index (κ3) is 4.32. The maximum Gasteiger partial charge on any atom is 0.158 e. The van der Waals surface area contributed by atoms with Gasteiger partial charge < -0.3 is 14.6 Å². The van der Waals surface area contributed by atoms with Crippen LogP contribution in [0.15, 0.2) is 53.0 Å². The SMILES string of the molecule is CC[C@@](O)(c1cccc(COC2CCCCO2)c1)c1ccccc1Br. The van der Waals surface area contributed by atoms with Gasteiger partial charge in [0.05, 0.1) is 6.61 Å². The number of rotatable bonds is 6. The number of benzene rings is 2. The van der Waals surface area contributed by atoms with Crippen molar-refractivity contribution in [3.8, 4) is 0 Å². The van der Waals surface area contributed by atoms with Crippen molar-refractivity contribution in [1.29, 1.82) is 0 Å². The highest BCUT2D eigenvalue weighted by atomic mass is 79.9. The van der Waals surface area contributed by atoms with E-state index in [2.05, 4.69) is 15.9 Å². The predicted molar refractivity (Wildman–Crippen MR) is 102 cm³/mol. The van der Waals surface area contributed by atoms with E-state index in [9.17, 15) is 5.11 Å². The molecule has 0 bridgehead atoms. The van der Waals surface area contributed by atoms with Crippen LogP contribution in [0, 0.1) is 0 Å². The number of ether oxygens (including phenoxy) is 2. The van der Waals surface area contributed by atoms with Crippen LogP contribution in [0.2, 0.25) is 0 Å². The summed E-state index contributed by atoms with van der Waals surface area (Å²) in [4.78, 5) is 0. The fourth-order valence-electron chi connectivity index (χ4n) is 3.30. The molecule has 3 nitrogen and oxygen atoms in total. The maximum atomic E-state index is 11.4. The Balaban J connectivity index is 1.80. The van der Waals surface area contributed by atoms with Gasteiger partial charge in [0.25, 0.3) is 0 Å². The van der Waals surface area contributed by atoms with Gasteiger partial charge >= 0.3 is 0 Å². The van der Waals surface area contributed by atoms with Gasteiger partial charge in [0, 0.05) is 16.6 Å². The van der Waals surface area contributed by atoms with E-state index in [0.717, 1.165) is 47.0 Å². The molecule has 1 aliphatic rings. The summed E-state index contributed by atoms with van der Waals surface area (Å²) in [6.45, 7) is 3.27. The van der Waals surface area contributed by atoms with Crippen LogP contribution in [-0.2, 0) is 21.7 Å². The summed E-state index contributed by atoms with van der Waals surface area (Å²) in [5.74, 6) is 0. The van der Waals surface area contributed by atoms with Crippen molar-refractivity contribution >= 4 is 15.9 Å². The summed E-state index contributed by atoms with van der Waals surface area (Å²) in [7, 11) is 0. The first kappa shape index (κ1) is 18.6. The van der Waals surface area contributed by atoms with Gasteiger partial charge in [-0.05, 0) is 42.9 Å². The third-order valence-corrected chi connectivity index (χ3v) is 5.50. The summed E-state index contributed by atoms with van der Waals surface area (Å²) in [6, 6.07) is 15.9. The Morgan fingerprint density at radius 2 is 2.04 bits per heavy atom. The topological polar surface area (TPSA) is 38.7 Å². The van der Waals surface area contributed by atoms with Crippen molar-refractivity contribution in [3.05, 3.63) is 69.7 Å². The van der Waals surface area contributed by atoms with E-state index in [-0.39, 0.29) is 6.29 Å². The van der Waals surface area contributed by atoms with Gasteiger partial charge in [-0.2, -0.15) is 0 Å². The van der Waals surface area contributed by atoms with Gasteiger partial charge in [0.2, 0.25) is 0 Å². The molecule has 0 spiro atoms. The minimum Gasteiger partial charge on any atom is -0.380 e. The molecule has 0 amide bonds. The normalized spacial score (nSPS) is 20.2. The van der Waals surface area contributed by atoms with Crippen molar-refractivity contribution in [3.63, 3.8) is 0 Å². The number of hydrogen-bond acceptors (Lipinski definition) is 3. The summed E-state index contributed by atoms with van der Waals surface area (Å²) in [5.41, 5.74) is 1.78. The second-order valence-electron chi connectivity index (χ2n) is 6.50. The molecule has 0 saturated carbocycles. The summed E-state index contributed by atoms with van der Waals surface area (Å²) in [5, 5.41) is 11.4. The lowest BCUT2D eigenvalue weighted by Gasteiger charge is -2.29. The molecule has 4 heteroatoms. The van der Waals surface area contributed by atoms with Crippen LogP contribution in [0.4, 0.5) is 0 Å². The molecule has 1 aliphatic heterocycles. The Kier molecular flexibility index (Phi) is 6.29. The lowest BCUT2D eigenvalue weighted by molar-refractivity contribution is -0.168. The van der Waals surface area contributed by atoms with Gasteiger partial charge in [-0.1, -0.05) is 65.3 Å². The Morgan fingerprint density at radius 1 is 1.20 bits per heavy atom. The molecule has 1 fully saturated rings. The quantitative estimate of drug-likeness (QED) is 0.724. The van der Waals surface area contributed by atoms with E-state index < -0.39 is 5.60 Å². The average molecular weight is 405 g/mol. The lowest BCUT2D eigenvalue weighted by Crippen LogP contribution is -2.27. The zero-order valence-corrected chi connectivity index (χ0v) is 16.2. The maximum absolute atomic E-state index is 11.4. The van der Waals surface area contributed by atoms with Crippen LogP contribution in [0.25, 0.3) is 0 Å². The van der Waals surface area contributed by atoms with E-state index in [1.165, 1.54) is 0 Å². The molecule has 2 aromatic carbocycles. The van der Waals surface area contributed by atoms with Crippen molar-refractivity contribution < 1.29 is 14.6 Å². The first-order valence-electron chi connectivity index (χ1n) is 8.93. The lowest BCUT2D eigenvalue weighted by atomic mass is 9.83. The Labute approximate surface area is 158 Å². The average Bonchev–Trinajstić information content (AvgIpc) is 2.67. The molecule has 0 aliphatic carbocycles. The fourth-order valence-corrected chi connectivity index (χ4v) is 3.91. The monoisotopic (exact) mass is 404 g/mol. The van der Waals surface area contributed by atoms with E-state index in [0.29, 0.717) is 13.0 Å². The smallest absolute Gasteiger partial charge is 0.158 e. The molecule has 0 radical (unpaired) electrons. The van der Waals surface area contributed by atoms with Crippen LogP contribution < -0.4 is 0 Å². The van der Waals surface area contributed by atoms with E-state index >= 15 is 0 Å². The van der Waals surface area contributed by atoms with E-state index in [1.807, 2.05) is 55.5 Å². The highest BCUT2D eigenvalue weighted by molar-refractivity contribution is 9.10. The van der Waals surface area contributed by atoms with Crippen molar-refractivity contribution in [1.82, 2.24) is 0 Å². The van der Waals surface area contributed by atoms with Gasteiger partial charge in [0.15, 0.2) is 6.29 Å². The van der Waals surface area contributed by atoms with Gasteiger partial charge in [0.1, 0.15) is 5.60 Å². The van der Waals surface area contributed by atoms with Crippen LogP contribution in [-0.4, -0.2) is 18.0 Å². The molecule has 2 atom stereocenters. The molecular weight excluding hydrogens is 380 g/mol. The summed E-state index contributed by atoms with van der Waals surface area (Å²) >= 11 is 3.57. The molecular formula is C21H25BrO3. The fraction of sp³-hybridized carbons (Fsp3) is 0.429. The van der Waals surface area contributed by atoms with Crippen LogP contribution in [0.1, 0.15) is 49.3 Å². The second-order valence-corrected chi connectivity index (χ2v) is 7.36. The highest BCUT2D eigenvalue weighted by Gasteiger charge is 2.31. The standard InChI is InChI=1S/C21H25BrO3/c1-2-21(23,18-10-3-4-11-19(18)22)17-9-7-8-16(14-17)15-25-20-12-5-6-13-24-20/h3-4,7-11,14,20,23H,2,5-6,12-13,15H2,1H3/t20?,21-/m1/s1. The van der Waals surface area contributed by atoms with Crippen molar-refractivity contribution in [2.24, 2.45) is 0 Å². The molecule has 1 unspecified atom stereocenters. The minimum absolute atomic E-state index is 0.106. The zero-order valence-electron chi connectivity index (χ0n) is 14.6. The van der Waals surface area contributed by atoms with Crippen LogP contribution in [0.5, 0.6) is 0 Å². The zero-order chi connectivity index (χ0) is 17.7. The minimum atomic E-state index is -1.03. The molecule has 1 saturated heterocycles. The molecule has 3 rings (SSSR count). The Bertz CT molecular complexity index is 697. The number of hydrogen-bond donors (Lipinski definition) is 1. The highest BCUT2D eigenvalue weighted by Crippen LogP contribution is 2.37. The first-order valence-corrected chi connectivity index (χ1v) is 9.73. The van der Waals surface area contributed by atoms with Gasteiger partial charge in [-0.3, -0.25) is 0 Å². The largest absolute Gasteiger partial charge is 0.380 e. The summed E-state index contributed by atoms with van der Waals surface area (Å²) < 4.78 is 12.4. The third-order valence-electron chi connectivity index (χ3n) is 4.81. The molecule has 1 heterocycles. The van der Waals surface area contributed by atoms with Gasteiger partial charge in [-0.25, -0.2) is 0 Å². The van der Waals surface area contributed by atoms with Crippen LogP contribution in [0.3, 0.4) is 0 Å². The van der Waals surface area contributed by atoms with E-state index in [4.69, 9.17) is 9.47 Å². The number of halogens is 1. The van der Waals surface area contributed by atoms with Crippen molar-refractivity contribution in [2.45, 2.75) is 51.1 Å². The predicted octanol–water partition coefficient (Wildman–Crippen LogP) is 5.14. The Hall–Kier alpha value is -1.20. The second kappa shape index (κ2) is 8.45. The van der Waals surface area contributed by atoms with Crippen LogP contribution >= 0.6 is 15.9 Å². The summed E-state index contributed by atoms with van der Waals surface area (Å²) in [6.07, 6.45) is 3.71. The molecule has 2 aromatic rings. The van der Waals surface area contributed by atoms with Gasteiger partial charge in [-0.15, -0.1) is 0 Å². The first-order chi connectivity index (χ1) is 12.1. The Morgan fingerprint density at radius 3 is 2.76 bits per heavy atom.